The predicted molar refractivity (Wildman–Crippen MR) is 75.0 cm³/mol. The van der Waals surface area contributed by atoms with E-state index >= 15 is 0 Å². The van der Waals surface area contributed by atoms with E-state index in [0.29, 0.717) is 12.5 Å². The molecule has 2 fully saturated rings. The molecule has 110 valence electrons. The molecular weight excluding hydrogens is 242 g/mol. The van der Waals surface area contributed by atoms with Crippen LogP contribution in [0.15, 0.2) is 0 Å². The van der Waals surface area contributed by atoms with Gasteiger partial charge in [-0.25, -0.2) is 0 Å². The zero-order chi connectivity index (χ0) is 13.7. The standard InChI is InChI=1S/C14H27N3O2/c1-11(2)9-17-5-6-19-13(10-17)8-16-14(18)12-3-4-15-7-12/h11-13,15H,3-10H2,1-2H3,(H,16,18). The van der Waals surface area contributed by atoms with Crippen molar-refractivity contribution < 1.29 is 9.53 Å². The summed E-state index contributed by atoms with van der Waals surface area (Å²) in [6, 6.07) is 0. The Kier molecular flexibility index (Phi) is 5.60. The van der Waals surface area contributed by atoms with E-state index in [1.54, 1.807) is 0 Å². The first kappa shape index (κ1) is 14.8. The van der Waals surface area contributed by atoms with Crippen molar-refractivity contribution in [1.82, 2.24) is 15.5 Å². The fraction of sp³-hybridized carbons (Fsp3) is 0.929. The maximum Gasteiger partial charge on any atom is 0.224 e. The molecule has 2 aliphatic heterocycles. The van der Waals surface area contributed by atoms with Crippen LogP contribution in [-0.4, -0.2) is 62.8 Å². The zero-order valence-electron chi connectivity index (χ0n) is 12.2. The van der Waals surface area contributed by atoms with E-state index in [-0.39, 0.29) is 17.9 Å². The Morgan fingerprint density at radius 3 is 3.05 bits per heavy atom. The number of hydrogen-bond donors (Lipinski definition) is 2. The first-order valence-corrected chi connectivity index (χ1v) is 7.47. The Morgan fingerprint density at radius 2 is 2.37 bits per heavy atom. The maximum atomic E-state index is 11.9. The molecule has 2 saturated heterocycles. The van der Waals surface area contributed by atoms with E-state index in [1.165, 1.54) is 0 Å². The van der Waals surface area contributed by atoms with E-state index in [0.717, 1.165) is 45.8 Å². The van der Waals surface area contributed by atoms with Crippen LogP contribution in [0.3, 0.4) is 0 Å². The second kappa shape index (κ2) is 7.22. The number of hydrogen-bond acceptors (Lipinski definition) is 4. The summed E-state index contributed by atoms with van der Waals surface area (Å²) in [5, 5.41) is 6.26. The van der Waals surface area contributed by atoms with E-state index in [2.05, 4.69) is 29.4 Å². The first-order valence-electron chi connectivity index (χ1n) is 7.47. The third-order valence-electron chi connectivity index (χ3n) is 3.78. The Balaban J connectivity index is 1.68. The molecule has 2 atom stereocenters. The van der Waals surface area contributed by atoms with E-state index in [9.17, 15) is 4.79 Å². The van der Waals surface area contributed by atoms with Crippen molar-refractivity contribution in [2.75, 3.05) is 45.9 Å². The van der Waals surface area contributed by atoms with Gasteiger partial charge in [0.1, 0.15) is 0 Å². The van der Waals surface area contributed by atoms with E-state index < -0.39 is 0 Å². The van der Waals surface area contributed by atoms with Crippen molar-refractivity contribution >= 4 is 5.91 Å². The monoisotopic (exact) mass is 269 g/mol. The molecule has 5 nitrogen and oxygen atoms in total. The molecule has 0 aromatic heterocycles. The highest BCUT2D eigenvalue weighted by atomic mass is 16.5. The maximum absolute atomic E-state index is 11.9. The van der Waals surface area contributed by atoms with Gasteiger partial charge < -0.3 is 15.4 Å². The van der Waals surface area contributed by atoms with Gasteiger partial charge in [0.2, 0.25) is 5.91 Å². The molecule has 0 saturated carbocycles. The van der Waals surface area contributed by atoms with Gasteiger partial charge in [0.25, 0.3) is 0 Å². The van der Waals surface area contributed by atoms with Crippen LogP contribution in [0.4, 0.5) is 0 Å². The summed E-state index contributed by atoms with van der Waals surface area (Å²) in [5.41, 5.74) is 0. The van der Waals surface area contributed by atoms with Gasteiger partial charge in [-0.2, -0.15) is 0 Å². The van der Waals surface area contributed by atoms with Crippen LogP contribution in [0.5, 0.6) is 0 Å². The minimum absolute atomic E-state index is 0.144. The number of ether oxygens (including phenoxy) is 1. The summed E-state index contributed by atoms with van der Waals surface area (Å²) < 4.78 is 5.73. The lowest BCUT2D eigenvalue weighted by atomic mass is 10.1. The van der Waals surface area contributed by atoms with Crippen molar-refractivity contribution in [3.63, 3.8) is 0 Å². The number of carbonyl (C=O) groups excluding carboxylic acids is 1. The number of nitrogens with zero attached hydrogens (tertiary/aromatic N) is 1. The second-order valence-electron chi connectivity index (χ2n) is 6.08. The Hall–Kier alpha value is -0.650. The molecule has 2 rings (SSSR count). The van der Waals surface area contributed by atoms with Crippen molar-refractivity contribution in [2.24, 2.45) is 11.8 Å². The SMILES string of the molecule is CC(C)CN1CCOC(CNC(=O)C2CCNC2)C1. The van der Waals surface area contributed by atoms with E-state index in [4.69, 9.17) is 4.74 Å². The smallest absolute Gasteiger partial charge is 0.224 e. The summed E-state index contributed by atoms with van der Waals surface area (Å²) >= 11 is 0. The first-order chi connectivity index (χ1) is 9.15. The highest BCUT2D eigenvalue weighted by Gasteiger charge is 2.25. The summed E-state index contributed by atoms with van der Waals surface area (Å²) in [6.07, 6.45) is 1.10. The van der Waals surface area contributed by atoms with Crippen LogP contribution in [0, 0.1) is 11.8 Å². The Bertz CT molecular complexity index is 290. The molecule has 1 amide bonds. The van der Waals surface area contributed by atoms with Gasteiger partial charge >= 0.3 is 0 Å². The molecule has 0 aromatic carbocycles. The summed E-state index contributed by atoms with van der Waals surface area (Å²) in [5.74, 6) is 1.00. The molecule has 5 heteroatoms. The van der Waals surface area contributed by atoms with Gasteiger partial charge in [-0.1, -0.05) is 13.8 Å². The highest BCUT2D eigenvalue weighted by molar-refractivity contribution is 5.79. The third kappa shape index (κ3) is 4.75. The van der Waals surface area contributed by atoms with Gasteiger partial charge in [-0.3, -0.25) is 9.69 Å². The molecule has 2 heterocycles. The van der Waals surface area contributed by atoms with Crippen LogP contribution < -0.4 is 10.6 Å². The lowest BCUT2D eigenvalue weighted by Crippen LogP contribution is -2.49. The molecule has 19 heavy (non-hydrogen) atoms. The largest absolute Gasteiger partial charge is 0.374 e. The van der Waals surface area contributed by atoms with E-state index in [1.807, 2.05) is 0 Å². The predicted octanol–water partition coefficient (Wildman–Crippen LogP) is 0.0689. The minimum Gasteiger partial charge on any atom is -0.374 e. The van der Waals surface area contributed by atoms with Gasteiger partial charge in [0.05, 0.1) is 18.6 Å². The zero-order valence-corrected chi connectivity index (χ0v) is 12.2. The summed E-state index contributed by atoms with van der Waals surface area (Å²) in [7, 11) is 0. The number of morpholine rings is 1. The average molecular weight is 269 g/mol. The molecular formula is C14H27N3O2. The van der Waals surface area contributed by atoms with Crippen molar-refractivity contribution in [1.29, 1.82) is 0 Å². The van der Waals surface area contributed by atoms with Gasteiger partial charge in [0.15, 0.2) is 0 Å². The van der Waals surface area contributed by atoms with Crippen LogP contribution in [-0.2, 0) is 9.53 Å². The van der Waals surface area contributed by atoms with Crippen molar-refractivity contribution in [3.05, 3.63) is 0 Å². The fourth-order valence-electron chi connectivity index (χ4n) is 2.82. The van der Waals surface area contributed by atoms with Gasteiger partial charge in [0, 0.05) is 32.7 Å². The van der Waals surface area contributed by atoms with Crippen LogP contribution in [0.2, 0.25) is 0 Å². The number of rotatable bonds is 5. The second-order valence-corrected chi connectivity index (χ2v) is 6.08. The molecule has 2 aliphatic rings. The Morgan fingerprint density at radius 1 is 1.53 bits per heavy atom. The quantitative estimate of drug-likeness (QED) is 0.741. The third-order valence-corrected chi connectivity index (χ3v) is 3.78. The van der Waals surface area contributed by atoms with Crippen LogP contribution >= 0.6 is 0 Å². The summed E-state index contributed by atoms with van der Waals surface area (Å²) in [4.78, 5) is 14.4. The molecule has 0 aliphatic carbocycles. The molecule has 2 N–H and O–H groups in total. The molecule has 0 bridgehead atoms. The fourth-order valence-corrected chi connectivity index (χ4v) is 2.82. The number of carbonyl (C=O) groups is 1. The Labute approximate surface area is 116 Å². The minimum atomic E-state index is 0.144. The molecule has 2 unspecified atom stereocenters. The topological polar surface area (TPSA) is 53.6 Å². The highest BCUT2D eigenvalue weighted by Crippen LogP contribution is 2.09. The molecule has 0 radical (unpaired) electrons. The van der Waals surface area contributed by atoms with Gasteiger partial charge in [-0.15, -0.1) is 0 Å². The van der Waals surface area contributed by atoms with Crippen molar-refractivity contribution in [3.8, 4) is 0 Å². The van der Waals surface area contributed by atoms with Crippen molar-refractivity contribution in [2.45, 2.75) is 26.4 Å². The normalized spacial score (nSPS) is 28.8. The lowest BCUT2D eigenvalue weighted by molar-refractivity contribution is -0.125. The number of nitrogens with one attached hydrogen (secondary N) is 2. The molecule has 0 spiro atoms. The van der Waals surface area contributed by atoms with Crippen LogP contribution in [0.1, 0.15) is 20.3 Å². The summed E-state index contributed by atoms with van der Waals surface area (Å²) in [6.45, 7) is 10.7. The number of amides is 1. The average Bonchev–Trinajstić information content (AvgIpc) is 2.89. The lowest BCUT2D eigenvalue weighted by Gasteiger charge is -2.34. The van der Waals surface area contributed by atoms with Crippen LogP contribution in [0.25, 0.3) is 0 Å². The van der Waals surface area contributed by atoms with Gasteiger partial charge in [-0.05, 0) is 18.9 Å². The molecule has 0 aromatic rings.